The van der Waals surface area contributed by atoms with Crippen LogP contribution in [0.25, 0.3) is 0 Å². The molecule has 0 aromatic heterocycles. The Hall–Kier alpha value is -2.70. The van der Waals surface area contributed by atoms with Crippen LogP contribution in [0.3, 0.4) is 0 Å². The van der Waals surface area contributed by atoms with Crippen molar-refractivity contribution < 1.29 is 9.59 Å². The second-order valence-electron chi connectivity index (χ2n) is 4.96. The number of amides is 2. The van der Waals surface area contributed by atoms with E-state index in [4.69, 9.17) is 23.8 Å². The average molecular weight is 374 g/mol. The van der Waals surface area contributed by atoms with Crippen LogP contribution in [-0.4, -0.2) is 23.5 Å². The highest BCUT2D eigenvalue weighted by molar-refractivity contribution is 7.80. The highest BCUT2D eigenvalue weighted by atomic mass is 35.5. The van der Waals surface area contributed by atoms with E-state index in [9.17, 15) is 9.59 Å². The van der Waals surface area contributed by atoms with Gasteiger partial charge in [0, 0.05) is 17.1 Å². The van der Waals surface area contributed by atoms with Crippen LogP contribution in [0.5, 0.6) is 0 Å². The highest BCUT2D eigenvalue weighted by Crippen LogP contribution is 2.15. The van der Waals surface area contributed by atoms with E-state index in [0.29, 0.717) is 28.4 Å². The third-order valence-corrected chi connectivity index (χ3v) is 3.58. The zero-order valence-electron chi connectivity index (χ0n) is 13.2. The number of benzene rings is 2. The van der Waals surface area contributed by atoms with Crippen LogP contribution in [-0.2, 0) is 0 Å². The van der Waals surface area contributed by atoms with E-state index >= 15 is 0 Å². The number of anilines is 1. The van der Waals surface area contributed by atoms with Gasteiger partial charge in [-0.15, -0.1) is 6.58 Å². The summed E-state index contributed by atoms with van der Waals surface area (Å²) in [6.07, 6.45) is 1.59. The molecule has 2 aromatic rings. The Balaban J connectivity index is 2.06. The van der Waals surface area contributed by atoms with Gasteiger partial charge in [0.2, 0.25) is 0 Å². The van der Waals surface area contributed by atoms with Crippen molar-refractivity contribution in [1.82, 2.24) is 10.6 Å². The number of hydrogen-bond donors (Lipinski definition) is 3. The molecule has 7 heteroatoms. The lowest BCUT2D eigenvalue weighted by molar-refractivity contribution is 0.0956. The summed E-state index contributed by atoms with van der Waals surface area (Å²) in [6, 6.07) is 13.4. The van der Waals surface area contributed by atoms with E-state index in [0.717, 1.165) is 0 Å². The molecule has 25 heavy (non-hydrogen) atoms. The third-order valence-electron chi connectivity index (χ3n) is 3.14. The molecule has 0 aliphatic heterocycles. The fourth-order valence-electron chi connectivity index (χ4n) is 2.01. The smallest absolute Gasteiger partial charge is 0.257 e. The Morgan fingerprint density at radius 1 is 1.12 bits per heavy atom. The number of carbonyl (C=O) groups excluding carboxylic acids is 2. The first-order valence-corrected chi connectivity index (χ1v) is 8.16. The van der Waals surface area contributed by atoms with Crippen molar-refractivity contribution in [2.75, 3.05) is 11.9 Å². The molecule has 0 atom stereocenters. The Morgan fingerprint density at radius 2 is 1.88 bits per heavy atom. The van der Waals surface area contributed by atoms with Crippen molar-refractivity contribution in [1.29, 1.82) is 0 Å². The first kappa shape index (κ1) is 18.6. The minimum Gasteiger partial charge on any atom is -0.349 e. The molecule has 0 spiro atoms. The zero-order valence-corrected chi connectivity index (χ0v) is 14.8. The average Bonchev–Trinajstić information content (AvgIpc) is 2.60. The number of hydrogen-bond acceptors (Lipinski definition) is 3. The van der Waals surface area contributed by atoms with Crippen molar-refractivity contribution in [3.8, 4) is 0 Å². The monoisotopic (exact) mass is 373 g/mol. The second kappa shape index (κ2) is 8.96. The summed E-state index contributed by atoms with van der Waals surface area (Å²) in [5, 5.41) is 8.64. The largest absolute Gasteiger partial charge is 0.349 e. The number of rotatable bonds is 5. The summed E-state index contributed by atoms with van der Waals surface area (Å²) in [5.74, 6) is -0.666. The van der Waals surface area contributed by atoms with Crippen LogP contribution >= 0.6 is 23.8 Å². The van der Waals surface area contributed by atoms with Crippen LogP contribution in [0.2, 0.25) is 5.02 Å². The summed E-state index contributed by atoms with van der Waals surface area (Å²) in [4.78, 5) is 24.3. The van der Waals surface area contributed by atoms with Crippen LogP contribution < -0.4 is 16.0 Å². The number of carbonyl (C=O) groups is 2. The third kappa shape index (κ3) is 5.41. The van der Waals surface area contributed by atoms with Gasteiger partial charge in [-0.2, -0.15) is 0 Å². The molecule has 0 aliphatic carbocycles. The first-order valence-electron chi connectivity index (χ1n) is 7.37. The van der Waals surface area contributed by atoms with Gasteiger partial charge in [-0.3, -0.25) is 14.9 Å². The van der Waals surface area contributed by atoms with Gasteiger partial charge in [-0.25, -0.2) is 0 Å². The van der Waals surface area contributed by atoms with Crippen molar-refractivity contribution in [2.45, 2.75) is 0 Å². The number of para-hydroxylation sites is 1. The van der Waals surface area contributed by atoms with Gasteiger partial charge in [0.15, 0.2) is 5.11 Å². The molecular formula is C18H16ClN3O2S. The Bertz CT molecular complexity index is 823. The van der Waals surface area contributed by atoms with E-state index in [1.807, 2.05) is 0 Å². The SMILES string of the molecule is C=CCNC(=O)c1ccccc1NC(=S)NC(=O)c1cccc(Cl)c1. The fourth-order valence-corrected chi connectivity index (χ4v) is 2.40. The summed E-state index contributed by atoms with van der Waals surface area (Å²) in [7, 11) is 0. The molecular weight excluding hydrogens is 358 g/mol. The van der Waals surface area contributed by atoms with Crippen molar-refractivity contribution in [2.24, 2.45) is 0 Å². The second-order valence-corrected chi connectivity index (χ2v) is 5.81. The maximum absolute atomic E-state index is 12.2. The van der Waals surface area contributed by atoms with Crippen molar-refractivity contribution >= 4 is 46.4 Å². The zero-order chi connectivity index (χ0) is 18.2. The number of halogens is 1. The van der Waals surface area contributed by atoms with Crippen LogP contribution in [0.15, 0.2) is 61.2 Å². The van der Waals surface area contributed by atoms with Crippen LogP contribution in [0, 0.1) is 0 Å². The Kier molecular flexibility index (Phi) is 6.68. The summed E-state index contributed by atoms with van der Waals surface area (Å²) in [5.41, 5.74) is 1.28. The molecule has 0 heterocycles. The lowest BCUT2D eigenvalue weighted by Crippen LogP contribution is -2.35. The van der Waals surface area contributed by atoms with Gasteiger partial charge in [0.25, 0.3) is 11.8 Å². The molecule has 0 unspecified atom stereocenters. The molecule has 0 radical (unpaired) electrons. The standard InChI is InChI=1S/C18H16ClN3O2S/c1-2-10-20-17(24)14-8-3-4-9-15(14)21-18(25)22-16(23)12-6-5-7-13(19)11-12/h2-9,11H,1,10H2,(H,20,24)(H2,21,22,23,25). The molecule has 2 amide bonds. The molecule has 2 rings (SSSR count). The molecule has 0 aliphatic rings. The van der Waals surface area contributed by atoms with Crippen molar-refractivity contribution in [3.63, 3.8) is 0 Å². The maximum atomic E-state index is 12.2. The molecule has 128 valence electrons. The molecule has 2 aromatic carbocycles. The quantitative estimate of drug-likeness (QED) is 0.555. The van der Waals surface area contributed by atoms with Crippen molar-refractivity contribution in [3.05, 3.63) is 77.3 Å². The summed E-state index contributed by atoms with van der Waals surface area (Å²) >= 11 is 11.0. The predicted octanol–water partition coefficient (Wildman–Crippen LogP) is 3.38. The molecule has 5 nitrogen and oxygen atoms in total. The molecule has 3 N–H and O–H groups in total. The van der Waals surface area contributed by atoms with Gasteiger partial charge >= 0.3 is 0 Å². The minimum atomic E-state index is -0.395. The fraction of sp³-hybridized carbons (Fsp3) is 0.0556. The Morgan fingerprint density at radius 3 is 2.60 bits per heavy atom. The molecule has 0 saturated heterocycles. The molecule has 0 saturated carbocycles. The summed E-state index contributed by atoms with van der Waals surface area (Å²) in [6.45, 7) is 3.91. The van der Waals surface area contributed by atoms with E-state index in [2.05, 4.69) is 22.5 Å². The number of thiocarbonyl (C=S) groups is 1. The lowest BCUT2D eigenvalue weighted by Gasteiger charge is -2.13. The van der Waals surface area contributed by atoms with E-state index < -0.39 is 5.91 Å². The van der Waals surface area contributed by atoms with Gasteiger partial charge < -0.3 is 10.6 Å². The highest BCUT2D eigenvalue weighted by Gasteiger charge is 2.13. The first-order chi connectivity index (χ1) is 12.0. The Labute approximate surface area is 156 Å². The van der Waals surface area contributed by atoms with Crippen LogP contribution in [0.1, 0.15) is 20.7 Å². The van der Waals surface area contributed by atoms with E-state index in [1.165, 1.54) is 6.07 Å². The van der Waals surface area contributed by atoms with Gasteiger partial charge in [-0.05, 0) is 42.5 Å². The summed E-state index contributed by atoms with van der Waals surface area (Å²) < 4.78 is 0. The molecule has 0 bridgehead atoms. The van der Waals surface area contributed by atoms with E-state index in [-0.39, 0.29) is 11.0 Å². The van der Waals surface area contributed by atoms with Gasteiger partial charge in [-0.1, -0.05) is 35.9 Å². The van der Waals surface area contributed by atoms with E-state index in [1.54, 1.807) is 48.5 Å². The van der Waals surface area contributed by atoms with Crippen LogP contribution in [0.4, 0.5) is 5.69 Å². The topological polar surface area (TPSA) is 70.2 Å². The number of nitrogens with one attached hydrogen (secondary N) is 3. The predicted molar refractivity (Wildman–Crippen MR) is 104 cm³/mol. The van der Waals surface area contributed by atoms with Gasteiger partial charge in [0.1, 0.15) is 0 Å². The minimum absolute atomic E-state index is 0.0777. The van der Waals surface area contributed by atoms with Gasteiger partial charge in [0.05, 0.1) is 11.3 Å². The lowest BCUT2D eigenvalue weighted by atomic mass is 10.1. The normalized spacial score (nSPS) is 9.80. The molecule has 0 fully saturated rings. The maximum Gasteiger partial charge on any atom is 0.257 e.